The van der Waals surface area contributed by atoms with E-state index in [0.717, 1.165) is 0 Å². The highest BCUT2D eigenvalue weighted by Gasteiger charge is 2.49. The van der Waals surface area contributed by atoms with Gasteiger partial charge in [-0.1, -0.05) is 43.3 Å². The molecule has 3 aliphatic heterocycles. The Bertz CT molecular complexity index is 1010. The molecule has 0 amide bonds. The normalized spacial score (nSPS) is 34.8. The van der Waals surface area contributed by atoms with Gasteiger partial charge in [-0.15, -0.1) is 12.4 Å². The van der Waals surface area contributed by atoms with E-state index >= 15 is 0 Å². The molecule has 8 rings (SSSR count). The molecule has 3 heterocycles. The third kappa shape index (κ3) is 3.09. The number of rotatable bonds is 2. The van der Waals surface area contributed by atoms with Crippen molar-refractivity contribution in [3.63, 3.8) is 0 Å². The Morgan fingerprint density at radius 3 is 2.41 bits per heavy atom. The third-order valence-corrected chi connectivity index (χ3v) is 10.0. The first kappa shape index (κ1) is 21.1. The molecule has 0 aromatic heterocycles. The maximum atomic E-state index is 2.88. The number of fused-ring (bicyclic) bond motifs is 8. The molecular weight excluding hydrogens is 412 g/mol. The molecule has 2 unspecified atom stereocenters. The zero-order valence-corrected chi connectivity index (χ0v) is 20.3. The molecule has 6 aliphatic rings. The summed E-state index contributed by atoms with van der Waals surface area (Å²) in [6.45, 7) is 6.45. The average molecular weight is 449 g/mol. The summed E-state index contributed by atoms with van der Waals surface area (Å²) >= 11 is 0. The van der Waals surface area contributed by atoms with E-state index in [2.05, 4.69) is 59.2 Å². The van der Waals surface area contributed by atoms with E-state index in [4.69, 9.17) is 0 Å². The van der Waals surface area contributed by atoms with E-state index in [1.807, 2.05) is 0 Å². The molecular formula is C29H37ClN2. The van der Waals surface area contributed by atoms with Gasteiger partial charge in [-0.2, -0.15) is 0 Å². The van der Waals surface area contributed by atoms with Crippen molar-refractivity contribution in [2.75, 3.05) is 24.5 Å². The van der Waals surface area contributed by atoms with Gasteiger partial charge in [-0.25, -0.2) is 0 Å². The van der Waals surface area contributed by atoms with E-state index in [-0.39, 0.29) is 12.4 Å². The van der Waals surface area contributed by atoms with Crippen LogP contribution in [0.3, 0.4) is 0 Å². The second-order valence-electron chi connectivity index (χ2n) is 11.9. The first-order valence-electron chi connectivity index (χ1n) is 12.8. The van der Waals surface area contributed by atoms with Crippen LogP contribution >= 0.6 is 12.4 Å². The van der Waals surface area contributed by atoms with Gasteiger partial charge in [0.15, 0.2) is 0 Å². The number of benzene rings is 2. The van der Waals surface area contributed by atoms with Crippen molar-refractivity contribution >= 4 is 23.8 Å². The van der Waals surface area contributed by atoms with Gasteiger partial charge in [-0.05, 0) is 91.4 Å². The van der Waals surface area contributed by atoms with Crippen molar-refractivity contribution in [3.05, 3.63) is 59.2 Å². The van der Waals surface area contributed by atoms with Crippen LogP contribution in [0.5, 0.6) is 0 Å². The Morgan fingerprint density at radius 2 is 1.59 bits per heavy atom. The maximum absolute atomic E-state index is 2.88. The SMILES string of the molecule is CC12CCC(CN3CCC4C(C3)c3cccc5c3N4c3ccccc3CC5)(CC1)CC2.Cl. The highest BCUT2D eigenvalue weighted by atomic mass is 35.5. The number of likely N-dealkylation sites (tertiary alicyclic amines) is 1. The molecule has 1 saturated heterocycles. The lowest BCUT2D eigenvalue weighted by Gasteiger charge is -2.54. The number of halogens is 1. The van der Waals surface area contributed by atoms with Gasteiger partial charge in [0.2, 0.25) is 0 Å². The molecule has 4 fully saturated rings. The van der Waals surface area contributed by atoms with Crippen LogP contribution < -0.4 is 4.90 Å². The van der Waals surface area contributed by atoms with Crippen LogP contribution in [0.2, 0.25) is 0 Å². The Kier molecular flexibility index (Phi) is 4.93. The first-order valence-corrected chi connectivity index (χ1v) is 12.8. The number of anilines is 2. The predicted octanol–water partition coefficient (Wildman–Crippen LogP) is 6.88. The van der Waals surface area contributed by atoms with Crippen molar-refractivity contribution in [1.82, 2.24) is 4.90 Å². The van der Waals surface area contributed by atoms with Crippen LogP contribution in [-0.4, -0.2) is 30.6 Å². The average Bonchev–Trinajstić information content (AvgIpc) is 3.02. The van der Waals surface area contributed by atoms with Crippen molar-refractivity contribution in [1.29, 1.82) is 0 Å². The smallest absolute Gasteiger partial charge is 0.0483 e. The molecule has 32 heavy (non-hydrogen) atoms. The minimum absolute atomic E-state index is 0. The summed E-state index contributed by atoms with van der Waals surface area (Å²) < 4.78 is 0. The van der Waals surface area contributed by atoms with Gasteiger partial charge >= 0.3 is 0 Å². The lowest BCUT2D eigenvalue weighted by atomic mass is 9.54. The number of hydrogen-bond acceptors (Lipinski definition) is 2. The molecule has 0 N–H and O–H groups in total. The van der Waals surface area contributed by atoms with E-state index < -0.39 is 0 Å². The summed E-state index contributed by atoms with van der Waals surface area (Å²) in [7, 11) is 0. The molecule has 0 radical (unpaired) electrons. The van der Waals surface area contributed by atoms with Crippen molar-refractivity contribution in [3.8, 4) is 0 Å². The molecule has 3 saturated carbocycles. The number of para-hydroxylation sites is 2. The van der Waals surface area contributed by atoms with Gasteiger partial charge in [0, 0.05) is 43.0 Å². The first-order chi connectivity index (χ1) is 15.1. The molecule has 0 spiro atoms. The van der Waals surface area contributed by atoms with Crippen LogP contribution in [0.4, 0.5) is 11.4 Å². The van der Waals surface area contributed by atoms with Gasteiger partial charge in [0.1, 0.15) is 0 Å². The fraction of sp³-hybridized carbons (Fsp3) is 0.586. The van der Waals surface area contributed by atoms with Crippen molar-refractivity contribution in [2.45, 2.75) is 76.7 Å². The summed E-state index contributed by atoms with van der Waals surface area (Å²) in [5, 5.41) is 0. The molecule has 2 atom stereocenters. The van der Waals surface area contributed by atoms with Crippen LogP contribution in [0.15, 0.2) is 42.5 Å². The summed E-state index contributed by atoms with van der Waals surface area (Å²) in [6.07, 6.45) is 12.5. The molecule has 3 aliphatic carbocycles. The molecule has 2 nitrogen and oxygen atoms in total. The highest BCUT2D eigenvalue weighted by molar-refractivity contribution is 5.85. The fourth-order valence-electron chi connectivity index (χ4n) is 8.03. The lowest BCUT2D eigenvalue weighted by molar-refractivity contribution is -0.0253. The summed E-state index contributed by atoms with van der Waals surface area (Å²) in [6, 6.07) is 17.1. The van der Waals surface area contributed by atoms with Crippen LogP contribution in [0.25, 0.3) is 0 Å². The van der Waals surface area contributed by atoms with Gasteiger partial charge in [-0.3, -0.25) is 0 Å². The zero-order valence-electron chi connectivity index (χ0n) is 19.5. The second-order valence-corrected chi connectivity index (χ2v) is 11.9. The van der Waals surface area contributed by atoms with Crippen molar-refractivity contribution < 1.29 is 0 Å². The van der Waals surface area contributed by atoms with Gasteiger partial charge < -0.3 is 9.80 Å². The maximum Gasteiger partial charge on any atom is 0.0483 e. The Labute approximate surface area is 199 Å². The molecule has 3 heteroatoms. The van der Waals surface area contributed by atoms with E-state index in [0.29, 0.717) is 22.8 Å². The fourth-order valence-corrected chi connectivity index (χ4v) is 8.03. The topological polar surface area (TPSA) is 6.48 Å². The van der Waals surface area contributed by atoms with E-state index in [1.54, 1.807) is 22.4 Å². The lowest BCUT2D eigenvalue weighted by Crippen LogP contribution is -2.51. The molecule has 2 aromatic rings. The van der Waals surface area contributed by atoms with Gasteiger partial charge in [0.25, 0.3) is 0 Å². The molecule has 2 bridgehead atoms. The van der Waals surface area contributed by atoms with Crippen molar-refractivity contribution in [2.24, 2.45) is 10.8 Å². The summed E-state index contributed by atoms with van der Waals surface area (Å²) in [5.74, 6) is 0.670. The zero-order chi connectivity index (χ0) is 20.6. The monoisotopic (exact) mass is 448 g/mol. The van der Waals surface area contributed by atoms with E-state index in [9.17, 15) is 0 Å². The highest BCUT2D eigenvalue weighted by Crippen LogP contribution is 2.58. The van der Waals surface area contributed by atoms with Crippen LogP contribution in [0.1, 0.15) is 74.5 Å². The van der Waals surface area contributed by atoms with Gasteiger partial charge in [0.05, 0.1) is 0 Å². The Hall–Kier alpha value is -1.51. The van der Waals surface area contributed by atoms with Crippen LogP contribution in [-0.2, 0) is 12.8 Å². The number of aryl methyl sites for hydroxylation is 2. The minimum atomic E-state index is 0. The summed E-state index contributed by atoms with van der Waals surface area (Å²) in [4.78, 5) is 5.66. The predicted molar refractivity (Wildman–Crippen MR) is 136 cm³/mol. The minimum Gasteiger partial charge on any atom is -0.337 e. The third-order valence-electron chi connectivity index (χ3n) is 10.0. The number of nitrogens with zero attached hydrogens (tertiary/aromatic N) is 2. The van der Waals surface area contributed by atoms with Crippen LogP contribution in [0, 0.1) is 10.8 Å². The molecule has 2 aromatic carbocycles. The Morgan fingerprint density at radius 1 is 0.875 bits per heavy atom. The molecule has 170 valence electrons. The Balaban J connectivity index is 0.00000196. The number of hydrogen-bond donors (Lipinski definition) is 0. The van der Waals surface area contributed by atoms with E-state index in [1.165, 1.54) is 83.1 Å². The second kappa shape index (κ2) is 7.50. The number of piperidine rings is 1. The summed E-state index contributed by atoms with van der Waals surface area (Å²) in [5.41, 5.74) is 9.14. The standard InChI is InChI=1S/C29H36N2.ClH/c1-28-12-15-29(16-13-28,17-14-28)20-30-18-11-26-24(19-30)23-7-4-6-22-10-9-21-5-2-3-8-25(21)31(26)27(22)23;/h2-8,24,26H,9-20H2,1H3;1H. The largest absolute Gasteiger partial charge is 0.337 e. The quantitative estimate of drug-likeness (QED) is 0.494.